The van der Waals surface area contributed by atoms with Crippen LogP contribution in [-0.2, 0) is 4.79 Å². The van der Waals surface area contributed by atoms with Crippen molar-refractivity contribution in [1.82, 2.24) is 9.88 Å². The zero-order valence-electron chi connectivity index (χ0n) is 18.1. The molecule has 1 aliphatic rings. The van der Waals surface area contributed by atoms with E-state index in [0.29, 0.717) is 36.0 Å². The second kappa shape index (κ2) is 9.21. The second-order valence-electron chi connectivity index (χ2n) is 7.93. The molecule has 2 aromatic heterocycles. The molecule has 0 fully saturated rings. The topological polar surface area (TPSA) is 108 Å². The van der Waals surface area contributed by atoms with Crippen LogP contribution in [0.2, 0.25) is 10.0 Å². The summed E-state index contributed by atoms with van der Waals surface area (Å²) >= 11 is 12.4. The maximum atomic E-state index is 14.0. The molecule has 2 atom stereocenters. The first kappa shape index (κ1) is 23.4. The molecule has 0 aliphatic carbocycles. The van der Waals surface area contributed by atoms with E-state index < -0.39 is 18.0 Å². The average Bonchev–Trinajstić information content (AvgIpc) is 3.22. The fourth-order valence-electron chi connectivity index (χ4n) is 3.90. The molecular weight excluding hydrogens is 470 g/mol. The highest BCUT2D eigenvalue weighted by molar-refractivity contribution is 6.36. The molecule has 0 saturated carbocycles. The molecule has 0 spiro atoms. The van der Waals surface area contributed by atoms with E-state index in [1.807, 2.05) is 6.08 Å². The molecule has 10 heteroatoms. The molecule has 3 aromatic rings. The zero-order chi connectivity index (χ0) is 23.9. The summed E-state index contributed by atoms with van der Waals surface area (Å²) in [5, 5.41) is 0.860. The highest BCUT2D eigenvalue weighted by Crippen LogP contribution is 2.41. The fourth-order valence-corrected chi connectivity index (χ4v) is 4.57. The number of rotatable bonds is 5. The molecule has 0 unspecified atom stereocenters. The molecule has 174 valence electrons. The third kappa shape index (κ3) is 4.38. The second-order valence-corrected chi connectivity index (χ2v) is 8.72. The Morgan fingerprint density at radius 3 is 2.76 bits per heavy atom. The van der Waals surface area contributed by atoms with E-state index in [1.54, 1.807) is 31.2 Å². The summed E-state index contributed by atoms with van der Waals surface area (Å²) in [7, 11) is 0. The van der Waals surface area contributed by atoms with Gasteiger partial charge >= 0.3 is 0 Å². The third-order valence-corrected chi connectivity index (χ3v) is 6.35. The number of halogens is 3. The minimum absolute atomic E-state index is 0.0869. The van der Waals surface area contributed by atoms with Gasteiger partial charge < -0.3 is 25.5 Å². The Morgan fingerprint density at radius 1 is 1.33 bits per heavy atom. The van der Waals surface area contributed by atoms with Crippen LogP contribution in [0.3, 0.4) is 0 Å². The fraction of sp³-hybridized carbons (Fsp3) is 0.304. The van der Waals surface area contributed by atoms with Crippen LogP contribution in [0.1, 0.15) is 37.5 Å². The minimum Gasteiger partial charge on any atom is -0.478 e. The van der Waals surface area contributed by atoms with Gasteiger partial charge in [-0.05, 0) is 38.0 Å². The molecular formula is C23H23Cl2FN4O3. The van der Waals surface area contributed by atoms with E-state index in [9.17, 15) is 9.18 Å². The van der Waals surface area contributed by atoms with Gasteiger partial charge in [0, 0.05) is 35.4 Å². The van der Waals surface area contributed by atoms with Crippen molar-refractivity contribution in [2.75, 3.05) is 18.8 Å². The number of nitrogens with two attached hydrogens (primary N) is 2. The lowest BCUT2D eigenvalue weighted by atomic mass is 9.99. The van der Waals surface area contributed by atoms with Gasteiger partial charge in [-0.1, -0.05) is 29.3 Å². The molecule has 0 saturated heterocycles. The number of ether oxygens (including phenoxy) is 1. The smallest absolute Gasteiger partial charge is 0.239 e. The minimum atomic E-state index is -0.726. The van der Waals surface area contributed by atoms with E-state index >= 15 is 0 Å². The summed E-state index contributed by atoms with van der Waals surface area (Å²) in [4.78, 5) is 18.1. The van der Waals surface area contributed by atoms with Crippen molar-refractivity contribution in [1.29, 1.82) is 0 Å². The SMILES string of the molecule is C[C@@H](N)C(=O)N1CC=C(c2coc3c(O[C@H](C)c4c(Cl)ccc(F)c4Cl)c(N)ncc23)CC1. The number of anilines is 1. The predicted molar refractivity (Wildman–Crippen MR) is 127 cm³/mol. The van der Waals surface area contributed by atoms with Gasteiger partial charge in [0.1, 0.15) is 11.9 Å². The van der Waals surface area contributed by atoms with Crippen LogP contribution < -0.4 is 16.2 Å². The van der Waals surface area contributed by atoms with Crippen LogP contribution in [0.15, 0.2) is 35.1 Å². The van der Waals surface area contributed by atoms with Gasteiger partial charge in [0.25, 0.3) is 0 Å². The number of aromatic nitrogens is 1. The van der Waals surface area contributed by atoms with Crippen LogP contribution in [0, 0.1) is 5.82 Å². The van der Waals surface area contributed by atoms with Gasteiger partial charge in [0.2, 0.25) is 11.7 Å². The van der Waals surface area contributed by atoms with Crippen LogP contribution in [0.25, 0.3) is 16.5 Å². The summed E-state index contributed by atoms with van der Waals surface area (Å²) < 4.78 is 25.8. The number of furan rings is 1. The number of carbonyl (C=O) groups is 1. The number of hydrogen-bond donors (Lipinski definition) is 2. The Kier molecular flexibility index (Phi) is 6.52. The summed E-state index contributed by atoms with van der Waals surface area (Å²) in [5.74, 6) is -0.355. The quantitative estimate of drug-likeness (QED) is 0.487. The molecule has 3 heterocycles. The van der Waals surface area contributed by atoms with Crippen LogP contribution in [-0.4, -0.2) is 34.9 Å². The van der Waals surface area contributed by atoms with Crippen LogP contribution >= 0.6 is 23.2 Å². The molecule has 1 aliphatic heterocycles. The largest absolute Gasteiger partial charge is 0.478 e. The lowest BCUT2D eigenvalue weighted by Gasteiger charge is -2.27. The molecule has 0 bridgehead atoms. The van der Waals surface area contributed by atoms with Gasteiger partial charge in [-0.15, -0.1) is 0 Å². The molecule has 1 aromatic carbocycles. The number of fused-ring (bicyclic) bond motifs is 1. The number of benzene rings is 1. The van der Waals surface area contributed by atoms with E-state index in [1.165, 1.54) is 12.1 Å². The number of pyridine rings is 1. The summed E-state index contributed by atoms with van der Waals surface area (Å²) in [6.07, 6.45) is 5.11. The van der Waals surface area contributed by atoms with E-state index in [-0.39, 0.29) is 27.5 Å². The molecule has 4 rings (SSSR count). The lowest BCUT2D eigenvalue weighted by Crippen LogP contribution is -2.43. The normalized spacial score (nSPS) is 15.9. The van der Waals surface area contributed by atoms with Crippen molar-refractivity contribution >= 4 is 51.5 Å². The van der Waals surface area contributed by atoms with Crippen molar-refractivity contribution in [3.63, 3.8) is 0 Å². The zero-order valence-corrected chi connectivity index (χ0v) is 19.6. The van der Waals surface area contributed by atoms with E-state index in [0.717, 1.165) is 11.1 Å². The van der Waals surface area contributed by atoms with Crippen molar-refractivity contribution in [2.45, 2.75) is 32.4 Å². The van der Waals surface area contributed by atoms with Gasteiger partial charge in [0.05, 0.1) is 22.7 Å². The summed E-state index contributed by atoms with van der Waals surface area (Å²) in [5.41, 5.74) is 14.4. The Bertz CT molecular complexity index is 1260. The lowest BCUT2D eigenvalue weighted by molar-refractivity contribution is -0.131. The third-order valence-electron chi connectivity index (χ3n) is 5.64. The van der Waals surface area contributed by atoms with Gasteiger partial charge in [0.15, 0.2) is 11.4 Å². The van der Waals surface area contributed by atoms with Crippen molar-refractivity contribution in [3.05, 3.63) is 57.7 Å². The monoisotopic (exact) mass is 492 g/mol. The van der Waals surface area contributed by atoms with Gasteiger partial charge in [-0.25, -0.2) is 9.37 Å². The maximum absolute atomic E-state index is 14.0. The Labute approximate surface area is 200 Å². The van der Waals surface area contributed by atoms with Crippen molar-refractivity contribution in [3.8, 4) is 5.75 Å². The molecule has 0 radical (unpaired) electrons. The Balaban J connectivity index is 1.66. The number of nitrogen functional groups attached to an aromatic ring is 1. The highest BCUT2D eigenvalue weighted by Gasteiger charge is 2.25. The Hall–Kier alpha value is -2.81. The summed E-state index contributed by atoms with van der Waals surface area (Å²) in [6.45, 7) is 4.37. The van der Waals surface area contributed by atoms with Crippen LogP contribution in [0.5, 0.6) is 5.75 Å². The summed E-state index contributed by atoms with van der Waals surface area (Å²) in [6, 6.07) is 2.07. The molecule has 33 heavy (non-hydrogen) atoms. The average molecular weight is 493 g/mol. The van der Waals surface area contributed by atoms with Crippen LogP contribution in [0.4, 0.5) is 10.2 Å². The van der Waals surface area contributed by atoms with Crippen molar-refractivity contribution < 1.29 is 18.3 Å². The number of nitrogens with zero attached hydrogens (tertiary/aromatic N) is 2. The first-order chi connectivity index (χ1) is 15.7. The standard InChI is InChI=1S/C23H23Cl2FN4O3/c1-11(27)23(31)30-7-5-13(6-8-30)15-10-32-20-14(15)9-29-22(28)21(20)33-12(2)18-16(24)3-4-17(26)19(18)25/h3-5,9-12H,6-8,27H2,1-2H3,(H2,28,29)/t11-,12-/m1/s1. The first-order valence-corrected chi connectivity index (χ1v) is 11.1. The number of amides is 1. The predicted octanol–water partition coefficient (Wildman–Crippen LogP) is 4.96. The highest BCUT2D eigenvalue weighted by atomic mass is 35.5. The molecule has 7 nitrogen and oxygen atoms in total. The Morgan fingerprint density at radius 2 is 2.09 bits per heavy atom. The first-order valence-electron chi connectivity index (χ1n) is 10.4. The van der Waals surface area contributed by atoms with E-state index in [2.05, 4.69) is 4.98 Å². The number of hydrogen-bond acceptors (Lipinski definition) is 6. The van der Waals surface area contributed by atoms with Gasteiger partial charge in [-0.3, -0.25) is 4.79 Å². The van der Waals surface area contributed by atoms with Crippen molar-refractivity contribution in [2.24, 2.45) is 5.73 Å². The maximum Gasteiger partial charge on any atom is 0.239 e. The van der Waals surface area contributed by atoms with E-state index in [4.69, 9.17) is 43.8 Å². The molecule has 4 N–H and O–H groups in total. The number of carbonyl (C=O) groups excluding carboxylic acids is 1. The van der Waals surface area contributed by atoms with Gasteiger partial charge in [-0.2, -0.15) is 0 Å². The molecule has 1 amide bonds.